The van der Waals surface area contributed by atoms with Crippen LogP contribution in [0.25, 0.3) is 11.0 Å². The number of carbonyl (C=O) groups is 1. The van der Waals surface area contributed by atoms with E-state index in [4.69, 9.17) is 0 Å². The SMILES string of the molecule is CSc1nc(NCC(C)C)c2cnn(CCNC(=O)CSc3ccc(F)cc3)c2n1. The van der Waals surface area contributed by atoms with Gasteiger partial charge >= 0.3 is 0 Å². The lowest BCUT2D eigenvalue weighted by molar-refractivity contribution is -0.118. The van der Waals surface area contributed by atoms with Crippen LogP contribution in [0.1, 0.15) is 13.8 Å². The molecule has 2 N–H and O–H groups in total. The highest BCUT2D eigenvalue weighted by Crippen LogP contribution is 2.23. The first-order valence-electron chi connectivity index (χ1n) is 9.62. The molecule has 0 aliphatic rings. The molecule has 3 rings (SSSR count). The van der Waals surface area contributed by atoms with Crippen LogP contribution in [0, 0.1) is 11.7 Å². The number of nitrogens with one attached hydrogen (secondary N) is 2. The van der Waals surface area contributed by atoms with Crippen LogP contribution >= 0.6 is 23.5 Å². The van der Waals surface area contributed by atoms with Crippen LogP contribution in [-0.2, 0) is 11.3 Å². The summed E-state index contributed by atoms with van der Waals surface area (Å²) >= 11 is 2.85. The predicted octanol–water partition coefficient (Wildman–Crippen LogP) is 3.66. The summed E-state index contributed by atoms with van der Waals surface area (Å²) in [6, 6.07) is 6.10. The number of thioether (sulfide) groups is 2. The molecule has 1 amide bonds. The molecule has 10 heteroatoms. The molecule has 0 aliphatic heterocycles. The number of aromatic nitrogens is 4. The highest BCUT2D eigenvalue weighted by Gasteiger charge is 2.13. The third kappa shape index (κ3) is 6.09. The van der Waals surface area contributed by atoms with E-state index in [9.17, 15) is 9.18 Å². The van der Waals surface area contributed by atoms with Crippen molar-refractivity contribution in [2.24, 2.45) is 5.92 Å². The van der Waals surface area contributed by atoms with Crippen LogP contribution < -0.4 is 10.6 Å². The van der Waals surface area contributed by atoms with Gasteiger partial charge in [-0.15, -0.1) is 11.8 Å². The molecular formula is C20H25FN6OS2. The van der Waals surface area contributed by atoms with Gasteiger partial charge in [0, 0.05) is 18.0 Å². The minimum Gasteiger partial charge on any atom is -0.369 e. The van der Waals surface area contributed by atoms with Crippen LogP contribution in [0.4, 0.5) is 10.2 Å². The first kappa shape index (κ1) is 22.4. The maximum Gasteiger partial charge on any atom is 0.230 e. The van der Waals surface area contributed by atoms with E-state index in [1.54, 1.807) is 23.0 Å². The minimum absolute atomic E-state index is 0.0838. The lowest BCUT2D eigenvalue weighted by Crippen LogP contribution is -2.29. The molecule has 0 aliphatic carbocycles. The smallest absolute Gasteiger partial charge is 0.230 e. The van der Waals surface area contributed by atoms with Crippen molar-refractivity contribution >= 4 is 46.3 Å². The Balaban J connectivity index is 1.58. The molecular weight excluding hydrogens is 423 g/mol. The third-order valence-electron chi connectivity index (χ3n) is 4.17. The van der Waals surface area contributed by atoms with Gasteiger partial charge in [-0.05, 0) is 36.4 Å². The molecule has 0 radical (unpaired) electrons. The standard InChI is InChI=1S/C20H25FN6OS2/c1-13(2)10-23-18-16-11-24-27(19(16)26-20(25-18)29-3)9-8-22-17(28)12-30-15-6-4-14(21)5-7-15/h4-7,11,13H,8-10,12H2,1-3H3,(H,22,28)(H,23,25,26). The van der Waals surface area contributed by atoms with Gasteiger partial charge in [0.1, 0.15) is 11.6 Å². The highest BCUT2D eigenvalue weighted by molar-refractivity contribution is 8.00. The molecule has 0 fully saturated rings. The van der Waals surface area contributed by atoms with Crippen molar-refractivity contribution in [3.8, 4) is 0 Å². The molecule has 3 aromatic rings. The summed E-state index contributed by atoms with van der Waals surface area (Å²) in [7, 11) is 0. The summed E-state index contributed by atoms with van der Waals surface area (Å²) in [5.41, 5.74) is 0.746. The normalized spacial score (nSPS) is 11.2. The van der Waals surface area contributed by atoms with Crippen molar-refractivity contribution in [2.45, 2.75) is 30.4 Å². The van der Waals surface area contributed by atoms with Crippen LogP contribution in [-0.4, -0.2) is 50.8 Å². The zero-order chi connectivity index (χ0) is 21.5. The van der Waals surface area contributed by atoms with Crippen LogP contribution in [0.2, 0.25) is 0 Å². The van der Waals surface area contributed by atoms with Crippen molar-refractivity contribution < 1.29 is 9.18 Å². The van der Waals surface area contributed by atoms with Gasteiger partial charge in [0.15, 0.2) is 10.8 Å². The van der Waals surface area contributed by atoms with Crippen molar-refractivity contribution in [1.29, 1.82) is 0 Å². The number of hydrogen-bond donors (Lipinski definition) is 2. The van der Waals surface area contributed by atoms with E-state index in [1.165, 1.54) is 35.7 Å². The molecule has 1 aromatic carbocycles. The van der Waals surface area contributed by atoms with Gasteiger partial charge in [0.2, 0.25) is 5.91 Å². The van der Waals surface area contributed by atoms with Crippen molar-refractivity contribution in [3.05, 3.63) is 36.3 Å². The van der Waals surface area contributed by atoms with Crippen molar-refractivity contribution in [2.75, 3.05) is 30.4 Å². The van der Waals surface area contributed by atoms with Gasteiger partial charge in [-0.25, -0.2) is 19.0 Å². The number of fused-ring (bicyclic) bond motifs is 1. The number of nitrogens with zero attached hydrogens (tertiary/aromatic N) is 4. The molecule has 0 bridgehead atoms. The second-order valence-corrected chi connectivity index (χ2v) is 8.85. The Labute approximate surface area is 183 Å². The number of rotatable bonds is 10. The Morgan fingerprint density at radius 1 is 1.23 bits per heavy atom. The molecule has 0 spiro atoms. The quantitative estimate of drug-likeness (QED) is 0.362. The molecule has 0 saturated heterocycles. The van der Waals surface area contributed by atoms with Gasteiger partial charge < -0.3 is 10.6 Å². The molecule has 2 heterocycles. The summed E-state index contributed by atoms with van der Waals surface area (Å²) in [6.45, 7) is 6.04. The van der Waals surface area contributed by atoms with Gasteiger partial charge in [-0.3, -0.25) is 4.79 Å². The zero-order valence-electron chi connectivity index (χ0n) is 17.2. The number of halogens is 1. The van der Waals surface area contributed by atoms with E-state index in [2.05, 4.69) is 39.5 Å². The first-order valence-corrected chi connectivity index (χ1v) is 11.8. The second kappa shape index (κ2) is 10.6. The Bertz CT molecular complexity index is 993. The van der Waals surface area contributed by atoms with Gasteiger partial charge in [0.25, 0.3) is 0 Å². The first-order chi connectivity index (χ1) is 14.5. The molecule has 0 saturated carbocycles. The van der Waals surface area contributed by atoms with Crippen LogP contribution in [0.5, 0.6) is 0 Å². The van der Waals surface area contributed by atoms with Gasteiger partial charge in [-0.1, -0.05) is 25.6 Å². The summed E-state index contributed by atoms with van der Waals surface area (Å²) in [5.74, 6) is 1.17. The fourth-order valence-electron chi connectivity index (χ4n) is 2.66. The highest BCUT2D eigenvalue weighted by atomic mass is 32.2. The summed E-state index contributed by atoms with van der Waals surface area (Å²) in [5, 5.41) is 12.2. The van der Waals surface area contributed by atoms with Crippen LogP contribution in [0.15, 0.2) is 40.5 Å². The Morgan fingerprint density at radius 2 is 2.00 bits per heavy atom. The molecule has 160 valence electrons. The summed E-state index contributed by atoms with van der Waals surface area (Å²) < 4.78 is 14.7. The molecule has 0 atom stereocenters. The molecule has 30 heavy (non-hydrogen) atoms. The number of carbonyl (C=O) groups excluding carboxylic acids is 1. The van der Waals surface area contributed by atoms with E-state index >= 15 is 0 Å². The second-order valence-electron chi connectivity index (χ2n) is 7.03. The average Bonchev–Trinajstić information content (AvgIpc) is 3.14. The largest absolute Gasteiger partial charge is 0.369 e. The van der Waals surface area contributed by atoms with Crippen molar-refractivity contribution in [1.82, 2.24) is 25.1 Å². The lowest BCUT2D eigenvalue weighted by Gasteiger charge is -2.11. The van der Waals surface area contributed by atoms with Gasteiger partial charge in [-0.2, -0.15) is 5.10 Å². The molecule has 7 nitrogen and oxygen atoms in total. The number of anilines is 1. The average molecular weight is 449 g/mol. The van der Waals surface area contributed by atoms with Crippen LogP contribution in [0.3, 0.4) is 0 Å². The van der Waals surface area contributed by atoms with E-state index in [-0.39, 0.29) is 17.5 Å². The van der Waals surface area contributed by atoms with E-state index < -0.39 is 0 Å². The fraction of sp³-hybridized carbons (Fsp3) is 0.400. The minimum atomic E-state index is -0.286. The van der Waals surface area contributed by atoms with Gasteiger partial charge in [0.05, 0.1) is 23.9 Å². The maximum atomic E-state index is 12.9. The Kier molecular flexibility index (Phi) is 7.92. The number of benzene rings is 1. The Morgan fingerprint density at radius 3 is 2.70 bits per heavy atom. The lowest BCUT2D eigenvalue weighted by atomic mass is 10.2. The summed E-state index contributed by atoms with van der Waals surface area (Å²) in [6.07, 6.45) is 3.70. The maximum absolute atomic E-state index is 12.9. The molecule has 0 unspecified atom stereocenters. The fourth-order valence-corrected chi connectivity index (χ4v) is 3.75. The number of amides is 1. The topological polar surface area (TPSA) is 84.7 Å². The zero-order valence-corrected chi connectivity index (χ0v) is 18.8. The summed E-state index contributed by atoms with van der Waals surface area (Å²) in [4.78, 5) is 22.1. The monoisotopic (exact) mass is 448 g/mol. The Hall–Kier alpha value is -2.33. The third-order valence-corrected chi connectivity index (χ3v) is 5.73. The van der Waals surface area contributed by atoms with E-state index in [1.807, 2.05) is 6.26 Å². The number of hydrogen-bond acceptors (Lipinski definition) is 7. The van der Waals surface area contributed by atoms with E-state index in [0.717, 1.165) is 28.3 Å². The molecule has 2 aromatic heterocycles. The van der Waals surface area contributed by atoms with Crippen molar-refractivity contribution in [3.63, 3.8) is 0 Å². The predicted molar refractivity (Wildman–Crippen MR) is 121 cm³/mol. The van der Waals surface area contributed by atoms with E-state index in [0.29, 0.717) is 24.2 Å².